The molecule has 0 spiro atoms. The molecule has 2 aromatic carbocycles. The van der Waals surface area contributed by atoms with Crippen LogP contribution in [0.15, 0.2) is 42.5 Å². The fourth-order valence-corrected chi connectivity index (χ4v) is 3.43. The average molecular weight is 357 g/mol. The van der Waals surface area contributed by atoms with Crippen molar-refractivity contribution in [2.75, 3.05) is 13.2 Å². The fourth-order valence-electron chi connectivity index (χ4n) is 3.43. The maximum Gasteiger partial charge on any atom is 0.258 e. The summed E-state index contributed by atoms with van der Waals surface area (Å²) in [4.78, 5) is 14.6. The van der Waals surface area contributed by atoms with Gasteiger partial charge in [0.25, 0.3) is 5.91 Å². The Morgan fingerprint density at radius 3 is 2.81 bits per heavy atom. The van der Waals surface area contributed by atoms with Crippen LogP contribution in [0.1, 0.15) is 27.9 Å². The summed E-state index contributed by atoms with van der Waals surface area (Å²) in [5.41, 5.74) is 2.32. The number of carbonyl (C=O) groups is 1. The van der Waals surface area contributed by atoms with Gasteiger partial charge in [0.1, 0.15) is 23.8 Å². The molecular formula is C20H20FNO4. The Bertz CT molecular complexity index is 808. The van der Waals surface area contributed by atoms with Crippen LogP contribution in [0, 0.1) is 5.82 Å². The number of aliphatic hydroxyl groups excluding tert-OH is 1. The predicted octanol–water partition coefficient (Wildman–Crippen LogP) is 2.51. The molecule has 2 aromatic rings. The van der Waals surface area contributed by atoms with E-state index in [4.69, 9.17) is 9.47 Å². The predicted molar refractivity (Wildman–Crippen MR) is 92.3 cm³/mol. The number of aliphatic hydroxyl groups is 1. The summed E-state index contributed by atoms with van der Waals surface area (Å²) >= 11 is 0. The minimum absolute atomic E-state index is 0.110. The largest absolute Gasteiger partial charge is 0.487 e. The van der Waals surface area contributed by atoms with Crippen LogP contribution in [0.4, 0.5) is 4.39 Å². The van der Waals surface area contributed by atoms with Crippen LogP contribution >= 0.6 is 0 Å². The molecule has 0 radical (unpaired) electrons. The molecule has 2 heterocycles. The van der Waals surface area contributed by atoms with E-state index in [1.54, 1.807) is 23.1 Å². The summed E-state index contributed by atoms with van der Waals surface area (Å²) < 4.78 is 24.3. The van der Waals surface area contributed by atoms with Crippen LogP contribution in [0.25, 0.3) is 0 Å². The number of benzene rings is 2. The van der Waals surface area contributed by atoms with Gasteiger partial charge in [0.05, 0.1) is 18.8 Å². The molecule has 0 aromatic heterocycles. The SMILES string of the molecule is O=C1c2c(cccc2O[C@@H]2CCOC[C@H]2O)CN1Cc1ccc(F)cc1. The van der Waals surface area contributed by atoms with Crippen molar-refractivity contribution in [1.29, 1.82) is 0 Å². The molecule has 0 bridgehead atoms. The van der Waals surface area contributed by atoms with E-state index in [9.17, 15) is 14.3 Å². The Hall–Kier alpha value is -2.44. The molecule has 2 aliphatic rings. The van der Waals surface area contributed by atoms with Gasteiger partial charge in [-0.25, -0.2) is 4.39 Å². The van der Waals surface area contributed by atoms with Gasteiger partial charge >= 0.3 is 0 Å². The normalized spacial score (nSPS) is 22.4. The number of fused-ring (bicyclic) bond motifs is 1. The van der Waals surface area contributed by atoms with Crippen molar-refractivity contribution >= 4 is 5.91 Å². The molecule has 4 rings (SSSR count). The molecule has 0 aliphatic carbocycles. The first-order valence-electron chi connectivity index (χ1n) is 8.70. The van der Waals surface area contributed by atoms with Gasteiger partial charge in [0, 0.05) is 19.5 Å². The highest BCUT2D eigenvalue weighted by Crippen LogP contribution is 2.33. The highest BCUT2D eigenvalue weighted by Gasteiger charge is 2.33. The molecule has 0 unspecified atom stereocenters. The number of halogens is 1. The summed E-state index contributed by atoms with van der Waals surface area (Å²) in [7, 11) is 0. The summed E-state index contributed by atoms with van der Waals surface area (Å²) in [5, 5.41) is 10.0. The van der Waals surface area contributed by atoms with Gasteiger partial charge < -0.3 is 19.5 Å². The zero-order valence-electron chi connectivity index (χ0n) is 14.2. The van der Waals surface area contributed by atoms with Gasteiger partial charge in [-0.1, -0.05) is 24.3 Å². The van der Waals surface area contributed by atoms with E-state index < -0.39 is 6.10 Å². The molecule has 136 valence electrons. The molecule has 1 fully saturated rings. The van der Waals surface area contributed by atoms with Crippen molar-refractivity contribution in [2.24, 2.45) is 0 Å². The van der Waals surface area contributed by atoms with E-state index in [1.807, 2.05) is 12.1 Å². The second-order valence-corrected chi connectivity index (χ2v) is 6.67. The van der Waals surface area contributed by atoms with Crippen LogP contribution in [0.3, 0.4) is 0 Å². The van der Waals surface area contributed by atoms with Gasteiger partial charge in [-0.3, -0.25) is 4.79 Å². The average Bonchev–Trinajstić information content (AvgIpc) is 2.96. The van der Waals surface area contributed by atoms with Gasteiger partial charge in [0.2, 0.25) is 0 Å². The van der Waals surface area contributed by atoms with Gasteiger partial charge in [-0.05, 0) is 29.3 Å². The van der Waals surface area contributed by atoms with Crippen molar-refractivity contribution in [1.82, 2.24) is 4.90 Å². The summed E-state index contributed by atoms with van der Waals surface area (Å²) in [5.74, 6) is 0.0945. The highest BCUT2D eigenvalue weighted by atomic mass is 19.1. The van der Waals surface area contributed by atoms with E-state index in [-0.39, 0.29) is 24.4 Å². The molecule has 5 nitrogen and oxygen atoms in total. The smallest absolute Gasteiger partial charge is 0.258 e. The van der Waals surface area contributed by atoms with E-state index in [1.165, 1.54) is 12.1 Å². The number of amides is 1. The monoisotopic (exact) mass is 357 g/mol. The number of hydrogen-bond donors (Lipinski definition) is 1. The summed E-state index contributed by atoms with van der Waals surface area (Å²) in [6, 6.07) is 11.7. The van der Waals surface area contributed by atoms with Crippen molar-refractivity contribution in [3.05, 3.63) is 65.0 Å². The third-order valence-electron chi connectivity index (χ3n) is 4.80. The standard InChI is InChI=1S/C20H20FNO4/c21-15-6-4-13(5-7-15)10-22-11-14-2-1-3-18(19(14)20(22)24)26-17-8-9-25-12-16(17)23/h1-7,16-17,23H,8-12H2/t16-,17-/m1/s1. The van der Waals surface area contributed by atoms with Crippen LogP contribution in [0.5, 0.6) is 5.75 Å². The maximum atomic E-state index is 13.1. The molecule has 1 N–H and O–H groups in total. The van der Waals surface area contributed by atoms with Crippen molar-refractivity contribution in [3.63, 3.8) is 0 Å². The van der Waals surface area contributed by atoms with Crippen molar-refractivity contribution in [2.45, 2.75) is 31.7 Å². The maximum absolute atomic E-state index is 13.1. The van der Waals surface area contributed by atoms with E-state index in [0.717, 1.165) is 11.1 Å². The lowest BCUT2D eigenvalue weighted by atomic mass is 10.1. The lowest BCUT2D eigenvalue weighted by Crippen LogP contribution is -2.40. The summed E-state index contributed by atoms with van der Waals surface area (Å²) in [6.45, 7) is 1.66. The number of carbonyl (C=O) groups excluding carboxylic acids is 1. The first kappa shape index (κ1) is 17.0. The minimum atomic E-state index is -0.702. The van der Waals surface area contributed by atoms with Crippen molar-refractivity contribution < 1.29 is 23.8 Å². The van der Waals surface area contributed by atoms with Gasteiger partial charge in [-0.15, -0.1) is 0 Å². The molecule has 0 saturated carbocycles. The summed E-state index contributed by atoms with van der Waals surface area (Å²) in [6.07, 6.45) is -0.501. The number of nitrogens with zero attached hydrogens (tertiary/aromatic N) is 1. The molecule has 1 saturated heterocycles. The minimum Gasteiger partial charge on any atom is -0.487 e. The Kier molecular flexibility index (Phi) is 4.61. The first-order chi connectivity index (χ1) is 12.6. The Morgan fingerprint density at radius 1 is 1.23 bits per heavy atom. The number of rotatable bonds is 4. The lowest BCUT2D eigenvalue weighted by molar-refractivity contribution is -0.0752. The van der Waals surface area contributed by atoms with Crippen LogP contribution in [0.2, 0.25) is 0 Å². The quantitative estimate of drug-likeness (QED) is 0.914. The van der Waals surface area contributed by atoms with E-state index >= 15 is 0 Å². The zero-order valence-corrected chi connectivity index (χ0v) is 14.2. The number of hydrogen-bond acceptors (Lipinski definition) is 4. The zero-order chi connectivity index (χ0) is 18.1. The van der Waals surface area contributed by atoms with E-state index in [0.29, 0.717) is 37.4 Å². The molecule has 2 aliphatic heterocycles. The molecular weight excluding hydrogens is 337 g/mol. The Balaban J connectivity index is 1.53. The molecule has 26 heavy (non-hydrogen) atoms. The third-order valence-corrected chi connectivity index (χ3v) is 4.80. The molecule has 1 amide bonds. The van der Waals surface area contributed by atoms with Crippen LogP contribution in [-0.2, 0) is 17.8 Å². The Morgan fingerprint density at radius 2 is 2.04 bits per heavy atom. The highest BCUT2D eigenvalue weighted by molar-refractivity contribution is 6.01. The van der Waals surface area contributed by atoms with E-state index in [2.05, 4.69) is 0 Å². The van der Waals surface area contributed by atoms with Gasteiger partial charge in [-0.2, -0.15) is 0 Å². The van der Waals surface area contributed by atoms with Crippen molar-refractivity contribution in [3.8, 4) is 5.75 Å². The fraction of sp³-hybridized carbons (Fsp3) is 0.350. The van der Waals surface area contributed by atoms with Crippen LogP contribution in [-0.4, -0.2) is 41.3 Å². The lowest BCUT2D eigenvalue weighted by Gasteiger charge is -2.28. The topological polar surface area (TPSA) is 59.0 Å². The second kappa shape index (κ2) is 7.05. The third kappa shape index (κ3) is 3.30. The second-order valence-electron chi connectivity index (χ2n) is 6.67. The molecule has 6 heteroatoms. The molecule has 2 atom stereocenters. The number of ether oxygens (including phenoxy) is 2. The van der Waals surface area contributed by atoms with Gasteiger partial charge in [0.15, 0.2) is 0 Å². The first-order valence-corrected chi connectivity index (χ1v) is 8.70. The Labute approximate surface area is 151 Å². The van der Waals surface area contributed by atoms with Crippen LogP contribution < -0.4 is 4.74 Å².